The van der Waals surface area contributed by atoms with Crippen LogP contribution < -0.4 is 10.2 Å². The molecule has 1 aliphatic rings. The fourth-order valence-corrected chi connectivity index (χ4v) is 3.54. The molecule has 1 aromatic heterocycles. The predicted octanol–water partition coefficient (Wildman–Crippen LogP) is 4.10. The van der Waals surface area contributed by atoms with E-state index in [9.17, 15) is 0 Å². The molecule has 1 N–H and O–H groups in total. The summed E-state index contributed by atoms with van der Waals surface area (Å²) in [5, 5.41) is 3.39. The standard InChI is InChI=1S/C23H27N5/c1-2-19-8-10-21(11-9-19)26-22-16-23(25-18-24-22)28-14-12-27(13-15-28)17-20-6-4-3-5-7-20/h3-11,16,18H,2,12-15,17H2,1H3,(H,24,25,26). The zero-order valence-electron chi connectivity index (χ0n) is 16.4. The van der Waals surface area contributed by atoms with Crippen molar-refractivity contribution >= 4 is 17.3 Å². The van der Waals surface area contributed by atoms with Gasteiger partial charge in [0.2, 0.25) is 0 Å². The van der Waals surface area contributed by atoms with Crippen molar-refractivity contribution in [3.63, 3.8) is 0 Å². The molecule has 5 heteroatoms. The molecule has 0 aliphatic carbocycles. The number of anilines is 3. The van der Waals surface area contributed by atoms with Crippen molar-refractivity contribution in [1.29, 1.82) is 0 Å². The van der Waals surface area contributed by atoms with Gasteiger partial charge in [-0.05, 0) is 29.7 Å². The molecule has 2 heterocycles. The third-order valence-electron chi connectivity index (χ3n) is 5.23. The molecule has 0 amide bonds. The fourth-order valence-electron chi connectivity index (χ4n) is 3.54. The monoisotopic (exact) mass is 373 g/mol. The first kappa shape index (κ1) is 18.4. The minimum absolute atomic E-state index is 0.834. The number of nitrogens with one attached hydrogen (secondary N) is 1. The molecule has 0 spiro atoms. The van der Waals surface area contributed by atoms with Crippen molar-refractivity contribution in [2.75, 3.05) is 36.4 Å². The van der Waals surface area contributed by atoms with Crippen LogP contribution in [0.5, 0.6) is 0 Å². The molecule has 2 aromatic carbocycles. The fraction of sp³-hybridized carbons (Fsp3) is 0.304. The largest absolute Gasteiger partial charge is 0.354 e. The van der Waals surface area contributed by atoms with Crippen LogP contribution in [-0.4, -0.2) is 41.0 Å². The second kappa shape index (κ2) is 8.85. The van der Waals surface area contributed by atoms with E-state index in [-0.39, 0.29) is 0 Å². The second-order valence-electron chi connectivity index (χ2n) is 7.19. The van der Waals surface area contributed by atoms with Crippen LogP contribution in [0.2, 0.25) is 0 Å². The third kappa shape index (κ3) is 4.67. The molecule has 1 fully saturated rings. The van der Waals surface area contributed by atoms with Crippen molar-refractivity contribution < 1.29 is 0 Å². The summed E-state index contributed by atoms with van der Waals surface area (Å²) >= 11 is 0. The quantitative estimate of drug-likeness (QED) is 0.705. The number of benzene rings is 2. The Labute approximate surface area is 167 Å². The van der Waals surface area contributed by atoms with Crippen LogP contribution in [0.4, 0.5) is 17.3 Å². The van der Waals surface area contributed by atoms with Crippen molar-refractivity contribution in [1.82, 2.24) is 14.9 Å². The second-order valence-corrected chi connectivity index (χ2v) is 7.19. The van der Waals surface area contributed by atoms with Gasteiger partial charge in [-0.1, -0.05) is 49.4 Å². The molecule has 0 unspecified atom stereocenters. The van der Waals surface area contributed by atoms with E-state index in [2.05, 4.69) is 86.6 Å². The van der Waals surface area contributed by atoms with E-state index < -0.39 is 0 Å². The van der Waals surface area contributed by atoms with Crippen molar-refractivity contribution in [2.24, 2.45) is 0 Å². The highest BCUT2D eigenvalue weighted by molar-refractivity contribution is 5.59. The Morgan fingerprint density at radius 3 is 2.32 bits per heavy atom. The molecule has 28 heavy (non-hydrogen) atoms. The Balaban J connectivity index is 1.35. The van der Waals surface area contributed by atoms with Gasteiger partial charge in [-0.25, -0.2) is 9.97 Å². The van der Waals surface area contributed by atoms with Gasteiger partial charge >= 0.3 is 0 Å². The molecular formula is C23H27N5. The Morgan fingerprint density at radius 2 is 1.61 bits per heavy atom. The van der Waals surface area contributed by atoms with Gasteiger partial charge in [-0.15, -0.1) is 0 Å². The minimum atomic E-state index is 0.834. The van der Waals surface area contributed by atoms with Crippen LogP contribution in [0, 0.1) is 0 Å². The summed E-state index contributed by atoms with van der Waals surface area (Å²) in [6, 6.07) is 21.2. The minimum Gasteiger partial charge on any atom is -0.354 e. The average Bonchev–Trinajstić information content (AvgIpc) is 2.76. The van der Waals surface area contributed by atoms with Gasteiger partial charge in [0.15, 0.2) is 0 Å². The third-order valence-corrected chi connectivity index (χ3v) is 5.23. The number of piperazine rings is 1. The number of nitrogens with zero attached hydrogens (tertiary/aromatic N) is 4. The summed E-state index contributed by atoms with van der Waals surface area (Å²) in [6.45, 7) is 7.22. The highest BCUT2D eigenvalue weighted by atomic mass is 15.3. The molecule has 5 nitrogen and oxygen atoms in total. The number of aromatic nitrogens is 2. The normalized spacial score (nSPS) is 14.8. The SMILES string of the molecule is CCc1ccc(Nc2cc(N3CCN(Cc4ccccc4)CC3)ncn2)cc1. The topological polar surface area (TPSA) is 44.3 Å². The molecule has 0 bridgehead atoms. The number of hydrogen-bond acceptors (Lipinski definition) is 5. The molecule has 1 saturated heterocycles. The van der Waals surface area contributed by atoms with Gasteiger partial charge in [0.1, 0.15) is 18.0 Å². The lowest BCUT2D eigenvalue weighted by molar-refractivity contribution is 0.249. The zero-order chi connectivity index (χ0) is 19.2. The maximum Gasteiger partial charge on any atom is 0.135 e. The maximum absolute atomic E-state index is 4.50. The lowest BCUT2D eigenvalue weighted by atomic mass is 10.1. The van der Waals surface area contributed by atoms with E-state index in [0.717, 1.165) is 56.5 Å². The van der Waals surface area contributed by atoms with Crippen molar-refractivity contribution in [3.05, 3.63) is 78.1 Å². The molecule has 0 radical (unpaired) electrons. The van der Waals surface area contributed by atoms with Gasteiger partial charge in [0, 0.05) is 44.5 Å². The van der Waals surface area contributed by atoms with Gasteiger partial charge in [0.05, 0.1) is 0 Å². The molecular weight excluding hydrogens is 346 g/mol. The highest BCUT2D eigenvalue weighted by Gasteiger charge is 2.18. The van der Waals surface area contributed by atoms with Gasteiger partial charge in [-0.2, -0.15) is 0 Å². The van der Waals surface area contributed by atoms with E-state index >= 15 is 0 Å². The first-order valence-electron chi connectivity index (χ1n) is 9.99. The molecule has 3 aromatic rings. The van der Waals surface area contributed by atoms with Crippen molar-refractivity contribution in [3.8, 4) is 0 Å². The summed E-state index contributed by atoms with van der Waals surface area (Å²) < 4.78 is 0. The molecule has 144 valence electrons. The van der Waals surface area contributed by atoms with Crippen molar-refractivity contribution in [2.45, 2.75) is 19.9 Å². The van der Waals surface area contributed by atoms with Crippen LogP contribution in [0.1, 0.15) is 18.1 Å². The summed E-state index contributed by atoms with van der Waals surface area (Å²) in [5.74, 6) is 1.82. The number of rotatable bonds is 6. The van der Waals surface area contributed by atoms with E-state index in [1.165, 1.54) is 11.1 Å². The molecule has 0 atom stereocenters. The first-order chi connectivity index (χ1) is 13.8. The van der Waals surface area contributed by atoms with E-state index in [1.807, 2.05) is 6.07 Å². The van der Waals surface area contributed by atoms with E-state index in [1.54, 1.807) is 6.33 Å². The Kier molecular flexibility index (Phi) is 5.83. The van der Waals surface area contributed by atoms with E-state index in [0.29, 0.717) is 0 Å². The lowest BCUT2D eigenvalue weighted by Crippen LogP contribution is -2.46. The van der Waals surface area contributed by atoms with Crippen LogP contribution in [0.3, 0.4) is 0 Å². The first-order valence-corrected chi connectivity index (χ1v) is 9.99. The summed E-state index contributed by atoms with van der Waals surface area (Å²) in [5.41, 5.74) is 3.76. The smallest absolute Gasteiger partial charge is 0.135 e. The van der Waals surface area contributed by atoms with Crippen LogP contribution >= 0.6 is 0 Å². The Hall–Kier alpha value is -2.92. The Morgan fingerprint density at radius 1 is 0.857 bits per heavy atom. The van der Waals surface area contributed by atoms with E-state index in [4.69, 9.17) is 0 Å². The number of aryl methyl sites for hydroxylation is 1. The lowest BCUT2D eigenvalue weighted by Gasteiger charge is -2.35. The maximum atomic E-state index is 4.50. The van der Waals surface area contributed by atoms with Gasteiger partial charge in [-0.3, -0.25) is 4.90 Å². The summed E-state index contributed by atoms with van der Waals surface area (Å²) in [6.07, 6.45) is 2.70. The van der Waals surface area contributed by atoms with Gasteiger partial charge in [0.25, 0.3) is 0 Å². The highest BCUT2D eigenvalue weighted by Crippen LogP contribution is 2.20. The van der Waals surface area contributed by atoms with Crippen LogP contribution in [0.15, 0.2) is 67.0 Å². The predicted molar refractivity (Wildman–Crippen MR) is 115 cm³/mol. The van der Waals surface area contributed by atoms with Crippen LogP contribution in [-0.2, 0) is 13.0 Å². The molecule has 1 aliphatic heterocycles. The molecule has 4 rings (SSSR count). The summed E-state index contributed by atoms with van der Waals surface area (Å²) in [7, 11) is 0. The number of hydrogen-bond donors (Lipinski definition) is 1. The summed E-state index contributed by atoms with van der Waals surface area (Å²) in [4.78, 5) is 13.7. The Bertz CT molecular complexity index is 871. The average molecular weight is 374 g/mol. The zero-order valence-corrected chi connectivity index (χ0v) is 16.4. The molecule has 0 saturated carbocycles. The van der Waals surface area contributed by atoms with Crippen LogP contribution in [0.25, 0.3) is 0 Å². The van der Waals surface area contributed by atoms with Gasteiger partial charge < -0.3 is 10.2 Å².